The van der Waals surface area contributed by atoms with E-state index < -0.39 is 5.97 Å². The van der Waals surface area contributed by atoms with Gasteiger partial charge in [0.2, 0.25) is 0 Å². The molecule has 0 atom stereocenters. The number of rotatable bonds is 6. The molecule has 0 saturated heterocycles. The third-order valence-electron chi connectivity index (χ3n) is 1.89. The van der Waals surface area contributed by atoms with Crippen LogP contribution in [0.2, 0.25) is 0 Å². The summed E-state index contributed by atoms with van der Waals surface area (Å²) in [5, 5.41) is 17.3. The van der Waals surface area contributed by atoms with Gasteiger partial charge < -0.3 is 14.9 Å². The Labute approximate surface area is 88.1 Å². The molecule has 0 fully saturated rings. The lowest BCUT2D eigenvalue weighted by Crippen LogP contribution is -2.00. The van der Waals surface area contributed by atoms with Gasteiger partial charge in [0, 0.05) is 13.2 Å². The van der Waals surface area contributed by atoms with Crippen molar-refractivity contribution in [2.45, 2.75) is 13.0 Å². The lowest BCUT2D eigenvalue weighted by molar-refractivity contribution is 0.0696. The zero-order chi connectivity index (χ0) is 11.1. The summed E-state index contributed by atoms with van der Waals surface area (Å²) in [4.78, 5) is 10.7. The highest BCUT2D eigenvalue weighted by Gasteiger charge is 2.02. The molecule has 0 unspecified atom stereocenters. The number of ether oxygens (including phenoxy) is 1. The molecule has 0 saturated carbocycles. The molecule has 0 aliphatic carbocycles. The van der Waals surface area contributed by atoms with Crippen LogP contribution in [0.15, 0.2) is 24.3 Å². The van der Waals surface area contributed by atoms with Crippen LogP contribution in [0, 0.1) is 0 Å². The van der Waals surface area contributed by atoms with Gasteiger partial charge in [0.05, 0.1) is 12.2 Å². The SMILES string of the molecule is O=C(O)c1cccc(COCCCO)c1. The lowest BCUT2D eigenvalue weighted by Gasteiger charge is -2.04. The number of aliphatic hydroxyl groups excluding tert-OH is 1. The van der Waals surface area contributed by atoms with E-state index in [1.807, 2.05) is 6.07 Å². The van der Waals surface area contributed by atoms with Crippen LogP contribution in [0.25, 0.3) is 0 Å². The second-order valence-corrected chi connectivity index (χ2v) is 3.14. The predicted octanol–water partition coefficient (Wildman–Crippen LogP) is 1.28. The van der Waals surface area contributed by atoms with Crippen molar-refractivity contribution in [2.75, 3.05) is 13.2 Å². The maximum absolute atomic E-state index is 10.7. The third kappa shape index (κ3) is 4.10. The van der Waals surface area contributed by atoms with Crippen molar-refractivity contribution in [3.8, 4) is 0 Å². The van der Waals surface area contributed by atoms with Gasteiger partial charge in [-0.15, -0.1) is 0 Å². The first-order valence-corrected chi connectivity index (χ1v) is 4.75. The Bertz CT molecular complexity index is 322. The highest BCUT2D eigenvalue weighted by molar-refractivity contribution is 5.87. The van der Waals surface area contributed by atoms with Crippen LogP contribution < -0.4 is 0 Å². The second kappa shape index (κ2) is 6.16. The highest BCUT2D eigenvalue weighted by Crippen LogP contribution is 2.06. The molecule has 4 nitrogen and oxygen atoms in total. The van der Waals surface area contributed by atoms with Crippen molar-refractivity contribution in [3.63, 3.8) is 0 Å². The van der Waals surface area contributed by atoms with E-state index in [1.54, 1.807) is 18.2 Å². The van der Waals surface area contributed by atoms with Gasteiger partial charge in [-0.3, -0.25) is 0 Å². The molecule has 1 aromatic rings. The maximum Gasteiger partial charge on any atom is 0.335 e. The van der Waals surface area contributed by atoms with Crippen LogP contribution in [0.3, 0.4) is 0 Å². The van der Waals surface area contributed by atoms with Gasteiger partial charge >= 0.3 is 5.97 Å². The molecule has 0 bridgehead atoms. The van der Waals surface area contributed by atoms with E-state index in [0.717, 1.165) is 5.56 Å². The summed E-state index contributed by atoms with van der Waals surface area (Å²) in [6.45, 7) is 0.962. The van der Waals surface area contributed by atoms with Crippen LogP contribution in [0.4, 0.5) is 0 Å². The van der Waals surface area contributed by atoms with Gasteiger partial charge in [-0.05, 0) is 24.1 Å². The molecule has 2 N–H and O–H groups in total. The first-order chi connectivity index (χ1) is 7.24. The van der Waals surface area contributed by atoms with Crippen LogP contribution in [-0.2, 0) is 11.3 Å². The molecule has 1 aromatic carbocycles. The van der Waals surface area contributed by atoms with E-state index in [2.05, 4.69) is 0 Å². The summed E-state index contributed by atoms with van der Waals surface area (Å²) in [5.74, 6) is -0.938. The number of hydrogen-bond acceptors (Lipinski definition) is 3. The summed E-state index contributed by atoms with van der Waals surface area (Å²) in [7, 11) is 0. The summed E-state index contributed by atoms with van der Waals surface area (Å²) in [5.41, 5.74) is 1.09. The molecule has 0 aromatic heterocycles. The highest BCUT2D eigenvalue weighted by atomic mass is 16.5. The van der Waals surface area contributed by atoms with Gasteiger partial charge in [0.25, 0.3) is 0 Å². The summed E-state index contributed by atoms with van der Waals surface area (Å²) >= 11 is 0. The molecular formula is C11H14O4. The minimum atomic E-state index is -0.938. The Hall–Kier alpha value is -1.39. The number of aromatic carboxylic acids is 1. The van der Waals surface area contributed by atoms with E-state index in [9.17, 15) is 4.79 Å². The standard InChI is InChI=1S/C11H14O4/c12-5-2-6-15-8-9-3-1-4-10(7-9)11(13)14/h1,3-4,7,12H,2,5-6,8H2,(H,13,14). The van der Waals surface area contributed by atoms with Gasteiger partial charge in [-0.1, -0.05) is 12.1 Å². The van der Waals surface area contributed by atoms with Gasteiger partial charge in [-0.2, -0.15) is 0 Å². The molecule has 82 valence electrons. The fourth-order valence-electron chi connectivity index (χ4n) is 1.15. The number of hydrogen-bond donors (Lipinski definition) is 2. The average Bonchev–Trinajstić information content (AvgIpc) is 2.25. The smallest absolute Gasteiger partial charge is 0.335 e. The Kier molecular flexibility index (Phi) is 4.80. The Morgan fingerprint density at radius 2 is 2.20 bits per heavy atom. The fourth-order valence-corrected chi connectivity index (χ4v) is 1.15. The quantitative estimate of drug-likeness (QED) is 0.694. The van der Waals surface area contributed by atoms with E-state index in [1.165, 1.54) is 0 Å². The Balaban J connectivity index is 2.47. The normalized spacial score (nSPS) is 10.2. The second-order valence-electron chi connectivity index (χ2n) is 3.14. The number of carboxylic acid groups (broad SMARTS) is 1. The Morgan fingerprint density at radius 3 is 2.87 bits per heavy atom. The molecule has 0 radical (unpaired) electrons. The molecule has 15 heavy (non-hydrogen) atoms. The molecule has 0 aliphatic heterocycles. The van der Waals surface area contributed by atoms with E-state index in [0.29, 0.717) is 19.6 Å². The van der Waals surface area contributed by atoms with Crippen molar-refractivity contribution in [1.82, 2.24) is 0 Å². The first-order valence-electron chi connectivity index (χ1n) is 4.75. The topological polar surface area (TPSA) is 66.8 Å². The minimum Gasteiger partial charge on any atom is -0.478 e. The molecule has 1 rings (SSSR count). The zero-order valence-corrected chi connectivity index (χ0v) is 8.35. The molecule has 0 amide bonds. The fraction of sp³-hybridized carbons (Fsp3) is 0.364. The number of carbonyl (C=O) groups is 1. The van der Waals surface area contributed by atoms with E-state index in [4.69, 9.17) is 14.9 Å². The van der Waals surface area contributed by atoms with Crippen molar-refractivity contribution in [2.24, 2.45) is 0 Å². The van der Waals surface area contributed by atoms with Crippen molar-refractivity contribution < 1.29 is 19.7 Å². The number of carboxylic acids is 1. The molecular weight excluding hydrogens is 196 g/mol. The van der Waals surface area contributed by atoms with Crippen LogP contribution in [0.1, 0.15) is 22.3 Å². The predicted molar refractivity (Wildman–Crippen MR) is 54.8 cm³/mol. The lowest BCUT2D eigenvalue weighted by atomic mass is 10.1. The summed E-state index contributed by atoms with van der Waals surface area (Å²) in [6.07, 6.45) is 0.596. The van der Waals surface area contributed by atoms with Gasteiger partial charge in [0.1, 0.15) is 0 Å². The summed E-state index contributed by atoms with van der Waals surface area (Å²) in [6, 6.07) is 6.63. The third-order valence-corrected chi connectivity index (χ3v) is 1.89. The van der Waals surface area contributed by atoms with Crippen LogP contribution in [-0.4, -0.2) is 29.4 Å². The van der Waals surface area contributed by atoms with E-state index in [-0.39, 0.29) is 12.2 Å². The van der Waals surface area contributed by atoms with Crippen molar-refractivity contribution in [3.05, 3.63) is 35.4 Å². The average molecular weight is 210 g/mol. The Morgan fingerprint density at radius 1 is 1.40 bits per heavy atom. The molecule has 4 heteroatoms. The molecule has 0 heterocycles. The summed E-state index contributed by atoms with van der Waals surface area (Å²) < 4.78 is 5.24. The van der Waals surface area contributed by atoms with Crippen LogP contribution in [0.5, 0.6) is 0 Å². The first kappa shape index (κ1) is 11.7. The monoisotopic (exact) mass is 210 g/mol. The number of aliphatic hydroxyl groups is 1. The minimum absolute atomic E-state index is 0.106. The van der Waals surface area contributed by atoms with Gasteiger partial charge in [0.15, 0.2) is 0 Å². The van der Waals surface area contributed by atoms with Crippen molar-refractivity contribution in [1.29, 1.82) is 0 Å². The van der Waals surface area contributed by atoms with E-state index >= 15 is 0 Å². The zero-order valence-electron chi connectivity index (χ0n) is 8.35. The molecule has 0 spiro atoms. The largest absolute Gasteiger partial charge is 0.478 e. The maximum atomic E-state index is 10.7. The number of benzene rings is 1. The van der Waals surface area contributed by atoms with Crippen molar-refractivity contribution >= 4 is 5.97 Å². The molecule has 0 aliphatic rings. The van der Waals surface area contributed by atoms with Gasteiger partial charge in [-0.25, -0.2) is 4.79 Å². The van der Waals surface area contributed by atoms with Crippen LogP contribution >= 0.6 is 0 Å².